The Hall–Kier alpha value is -2.82. The number of hydrogen-bond acceptors (Lipinski definition) is 4. The summed E-state index contributed by atoms with van der Waals surface area (Å²) in [5, 5.41) is 2.76. The van der Waals surface area contributed by atoms with Crippen molar-refractivity contribution < 1.29 is 19.1 Å². The SMILES string of the molecule is COC(=O)c1cccc(NC(=O)[C@@H](C)Oc2cc(C)cc(C)c2C)c1. The molecule has 0 fully saturated rings. The first-order valence-electron chi connectivity index (χ1n) is 8.05. The van der Waals surface area contributed by atoms with E-state index in [4.69, 9.17) is 4.74 Å². The zero-order valence-electron chi connectivity index (χ0n) is 15.2. The number of amides is 1. The molecular weight excluding hydrogens is 318 g/mol. The molecule has 2 aromatic carbocycles. The average molecular weight is 341 g/mol. The standard InChI is InChI=1S/C20H23NO4/c1-12-9-13(2)14(3)18(10-12)25-15(4)19(22)21-17-8-6-7-16(11-17)20(23)24-5/h6-11,15H,1-5H3,(H,21,22)/t15-/m1/s1. The predicted molar refractivity (Wildman–Crippen MR) is 97.2 cm³/mol. The van der Waals surface area contributed by atoms with Crippen LogP contribution >= 0.6 is 0 Å². The highest BCUT2D eigenvalue weighted by atomic mass is 16.5. The van der Waals surface area contributed by atoms with E-state index in [-0.39, 0.29) is 5.91 Å². The van der Waals surface area contributed by atoms with Gasteiger partial charge in [0.1, 0.15) is 5.75 Å². The van der Waals surface area contributed by atoms with Crippen LogP contribution in [0.2, 0.25) is 0 Å². The number of nitrogens with one attached hydrogen (secondary N) is 1. The van der Waals surface area contributed by atoms with Crippen LogP contribution in [0.4, 0.5) is 5.69 Å². The summed E-state index contributed by atoms with van der Waals surface area (Å²) in [6.45, 7) is 7.66. The Morgan fingerprint density at radius 1 is 1.08 bits per heavy atom. The molecule has 0 aromatic heterocycles. The van der Waals surface area contributed by atoms with Crippen LogP contribution in [-0.4, -0.2) is 25.1 Å². The topological polar surface area (TPSA) is 64.6 Å². The minimum absolute atomic E-state index is 0.291. The summed E-state index contributed by atoms with van der Waals surface area (Å²) >= 11 is 0. The van der Waals surface area contributed by atoms with Crippen LogP contribution in [0.3, 0.4) is 0 Å². The molecule has 2 rings (SSSR count). The molecule has 0 saturated carbocycles. The van der Waals surface area contributed by atoms with E-state index in [0.29, 0.717) is 17.0 Å². The number of carbonyl (C=O) groups excluding carboxylic acids is 2. The van der Waals surface area contributed by atoms with Crippen molar-refractivity contribution in [3.63, 3.8) is 0 Å². The summed E-state index contributed by atoms with van der Waals surface area (Å²) in [6, 6.07) is 10.6. The number of carbonyl (C=O) groups is 2. The summed E-state index contributed by atoms with van der Waals surface area (Å²) in [5.74, 6) is -0.0460. The molecule has 0 radical (unpaired) electrons. The molecule has 132 valence electrons. The summed E-state index contributed by atoms with van der Waals surface area (Å²) in [5.41, 5.74) is 4.10. The van der Waals surface area contributed by atoms with Gasteiger partial charge in [-0.2, -0.15) is 0 Å². The van der Waals surface area contributed by atoms with Crippen molar-refractivity contribution in [3.8, 4) is 5.75 Å². The van der Waals surface area contributed by atoms with Gasteiger partial charge < -0.3 is 14.8 Å². The van der Waals surface area contributed by atoms with Crippen molar-refractivity contribution in [1.29, 1.82) is 0 Å². The molecule has 1 atom stereocenters. The molecular formula is C20H23NO4. The summed E-state index contributed by atoms with van der Waals surface area (Å²) in [4.78, 5) is 24.0. The second-order valence-electron chi connectivity index (χ2n) is 6.03. The Morgan fingerprint density at radius 2 is 1.80 bits per heavy atom. The maximum Gasteiger partial charge on any atom is 0.337 e. The molecule has 0 aliphatic rings. The summed E-state index contributed by atoms with van der Waals surface area (Å²) < 4.78 is 10.5. The van der Waals surface area contributed by atoms with Crippen LogP contribution in [-0.2, 0) is 9.53 Å². The van der Waals surface area contributed by atoms with E-state index >= 15 is 0 Å². The van der Waals surface area contributed by atoms with Gasteiger partial charge in [0.25, 0.3) is 5.91 Å². The van der Waals surface area contributed by atoms with Crippen LogP contribution < -0.4 is 10.1 Å². The first kappa shape index (κ1) is 18.5. The molecule has 0 saturated heterocycles. The van der Waals surface area contributed by atoms with Gasteiger partial charge in [-0.3, -0.25) is 4.79 Å². The lowest BCUT2D eigenvalue weighted by atomic mass is 10.1. The number of rotatable bonds is 5. The monoisotopic (exact) mass is 341 g/mol. The predicted octanol–water partition coefficient (Wildman–Crippen LogP) is 3.80. The van der Waals surface area contributed by atoms with Crippen LogP contribution in [0, 0.1) is 20.8 Å². The quantitative estimate of drug-likeness (QED) is 0.840. The maximum absolute atomic E-state index is 12.4. The van der Waals surface area contributed by atoms with E-state index in [1.54, 1.807) is 31.2 Å². The van der Waals surface area contributed by atoms with Crippen LogP contribution in [0.15, 0.2) is 36.4 Å². The third-order valence-corrected chi connectivity index (χ3v) is 3.99. The van der Waals surface area contributed by atoms with Crippen LogP contribution in [0.5, 0.6) is 5.75 Å². The Kier molecular flexibility index (Phi) is 5.80. The number of benzene rings is 2. The van der Waals surface area contributed by atoms with Gasteiger partial charge in [-0.1, -0.05) is 12.1 Å². The van der Waals surface area contributed by atoms with Crippen molar-refractivity contribution in [2.24, 2.45) is 0 Å². The van der Waals surface area contributed by atoms with E-state index < -0.39 is 12.1 Å². The molecule has 0 aliphatic heterocycles. The van der Waals surface area contributed by atoms with E-state index in [1.807, 2.05) is 26.8 Å². The summed E-state index contributed by atoms with van der Waals surface area (Å²) in [7, 11) is 1.32. The zero-order valence-corrected chi connectivity index (χ0v) is 15.2. The molecule has 2 aromatic rings. The Balaban J connectivity index is 2.10. The van der Waals surface area contributed by atoms with Crippen molar-refractivity contribution in [3.05, 3.63) is 58.7 Å². The average Bonchev–Trinajstić information content (AvgIpc) is 2.58. The molecule has 5 heteroatoms. The minimum atomic E-state index is -0.679. The largest absolute Gasteiger partial charge is 0.481 e. The van der Waals surface area contributed by atoms with E-state index in [0.717, 1.165) is 16.7 Å². The first-order valence-corrected chi connectivity index (χ1v) is 8.05. The molecule has 0 heterocycles. The number of hydrogen-bond donors (Lipinski definition) is 1. The lowest BCUT2D eigenvalue weighted by Gasteiger charge is -2.18. The van der Waals surface area contributed by atoms with Gasteiger partial charge in [-0.15, -0.1) is 0 Å². The van der Waals surface area contributed by atoms with Gasteiger partial charge in [0.2, 0.25) is 0 Å². The van der Waals surface area contributed by atoms with E-state index in [2.05, 4.69) is 16.1 Å². The highest BCUT2D eigenvalue weighted by Gasteiger charge is 2.17. The van der Waals surface area contributed by atoms with E-state index in [9.17, 15) is 9.59 Å². The molecule has 1 amide bonds. The van der Waals surface area contributed by atoms with Gasteiger partial charge in [-0.25, -0.2) is 4.79 Å². The molecule has 0 spiro atoms. The zero-order chi connectivity index (χ0) is 18.6. The van der Waals surface area contributed by atoms with Gasteiger partial charge in [0, 0.05) is 5.69 Å². The Labute approximate surface area is 148 Å². The number of anilines is 1. The fraction of sp³-hybridized carbons (Fsp3) is 0.300. The number of aryl methyl sites for hydroxylation is 2. The second-order valence-corrected chi connectivity index (χ2v) is 6.03. The highest BCUT2D eigenvalue weighted by Crippen LogP contribution is 2.24. The van der Waals surface area contributed by atoms with Crippen molar-refractivity contribution in [2.45, 2.75) is 33.8 Å². The lowest BCUT2D eigenvalue weighted by Crippen LogP contribution is -2.30. The molecule has 0 unspecified atom stereocenters. The van der Waals surface area contributed by atoms with Gasteiger partial charge in [0.15, 0.2) is 6.10 Å². The first-order chi connectivity index (χ1) is 11.8. The third-order valence-electron chi connectivity index (χ3n) is 3.99. The molecule has 1 N–H and O–H groups in total. The molecule has 0 aliphatic carbocycles. The number of esters is 1. The fourth-order valence-corrected chi connectivity index (χ4v) is 2.45. The smallest absolute Gasteiger partial charge is 0.337 e. The van der Waals surface area contributed by atoms with Gasteiger partial charge in [0.05, 0.1) is 12.7 Å². The fourth-order valence-electron chi connectivity index (χ4n) is 2.45. The Bertz CT molecular complexity index is 798. The molecule has 25 heavy (non-hydrogen) atoms. The highest BCUT2D eigenvalue weighted by molar-refractivity contribution is 5.96. The van der Waals surface area contributed by atoms with Crippen LogP contribution in [0.1, 0.15) is 34.0 Å². The van der Waals surface area contributed by atoms with Crippen LogP contribution in [0.25, 0.3) is 0 Å². The number of ether oxygens (including phenoxy) is 2. The molecule has 0 bridgehead atoms. The van der Waals surface area contributed by atoms with Crippen molar-refractivity contribution in [1.82, 2.24) is 0 Å². The third kappa shape index (κ3) is 4.59. The summed E-state index contributed by atoms with van der Waals surface area (Å²) in [6.07, 6.45) is -0.679. The minimum Gasteiger partial charge on any atom is -0.481 e. The normalized spacial score (nSPS) is 11.6. The van der Waals surface area contributed by atoms with E-state index in [1.165, 1.54) is 7.11 Å². The number of methoxy groups -OCH3 is 1. The lowest BCUT2D eigenvalue weighted by molar-refractivity contribution is -0.122. The molecule has 5 nitrogen and oxygen atoms in total. The maximum atomic E-state index is 12.4. The van der Waals surface area contributed by atoms with Crippen molar-refractivity contribution >= 4 is 17.6 Å². The van der Waals surface area contributed by atoms with Gasteiger partial charge >= 0.3 is 5.97 Å². The Morgan fingerprint density at radius 3 is 2.48 bits per heavy atom. The van der Waals surface area contributed by atoms with Gasteiger partial charge in [-0.05, 0) is 68.7 Å². The van der Waals surface area contributed by atoms with Crippen molar-refractivity contribution in [2.75, 3.05) is 12.4 Å². The second kappa shape index (κ2) is 7.83.